The smallest absolute Gasteiger partial charge is 0.225 e. The van der Waals surface area contributed by atoms with E-state index in [1.807, 2.05) is 18.7 Å². The van der Waals surface area contributed by atoms with E-state index in [4.69, 9.17) is 4.74 Å². The molecule has 2 N–H and O–H groups in total. The number of carbonyl (C=O) groups excluding carboxylic acids is 1. The number of nitrogens with one attached hydrogen (secondary N) is 2. The summed E-state index contributed by atoms with van der Waals surface area (Å²) in [5.74, 6) is 0.717. The van der Waals surface area contributed by atoms with E-state index >= 15 is 0 Å². The molecular formula is C20H31FN4O2. The Bertz CT molecular complexity index is 655. The largest absolute Gasteiger partial charge is 0.380 e. The average Bonchev–Trinajstić information content (AvgIpc) is 2.67. The van der Waals surface area contributed by atoms with Gasteiger partial charge in [0.05, 0.1) is 6.61 Å². The van der Waals surface area contributed by atoms with Gasteiger partial charge in [-0.1, -0.05) is 19.9 Å². The van der Waals surface area contributed by atoms with Gasteiger partial charge in [0, 0.05) is 51.3 Å². The number of carbonyl (C=O) groups is 1. The van der Waals surface area contributed by atoms with Gasteiger partial charge < -0.3 is 20.3 Å². The topological polar surface area (TPSA) is 66.0 Å². The zero-order chi connectivity index (χ0) is 19.8. The molecule has 1 heterocycles. The summed E-state index contributed by atoms with van der Waals surface area (Å²) in [6, 6.07) is 5.30. The van der Waals surface area contributed by atoms with Crippen molar-refractivity contribution >= 4 is 11.9 Å². The van der Waals surface area contributed by atoms with E-state index in [2.05, 4.69) is 15.6 Å². The van der Waals surface area contributed by atoms with Gasteiger partial charge in [-0.25, -0.2) is 4.39 Å². The van der Waals surface area contributed by atoms with Gasteiger partial charge in [-0.15, -0.1) is 0 Å². The second-order valence-electron chi connectivity index (χ2n) is 7.18. The summed E-state index contributed by atoms with van der Waals surface area (Å²) in [4.78, 5) is 18.3. The normalized spacial score (nSPS) is 15.9. The molecule has 1 aliphatic heterocycles. The van der Waals surface area contributed by atoms with Crippen LogP contribution in [0.15, 0.2) is 23.2 Å². The highest BCUT2D eigenvalue weighted by Gasteiger charge is 2.24. The van der Waals surface area contributed by atoms with Gasteiger partial charge in [0.2, 0.25) is 5.91 Å². The Labute approximate surface area is 161 Å². The summed E-state index contributed by atoms with van der Waals surface area (Å²) in [6.07, 6.45) is 1.79. The summed E-state index contributed by atoms with van der Waals surface area (Å²) >= 11 is 0. The van der Waals surface area contributed by atoms with E-state index < -0.39 is 0 Å². The molecule has 1 aliphatic rings. The lowest BCUT2D eigenvalue weighted by atomic mass is 10.0. The number of methoxy groups -OCH3 is 1. The van der Waals surface area contributed by atoms with E-state index in [-0.39, 0.29) is 30.3 Å². The van der Waals surface area contributed by atoms with Crippen molar-refractivity contribution in [3.63, 3.8) is 0 Å². The van der Waals surface area contributed by atoms with Crippen molar-refractivity contribution < 1.29 is 13.9 Å². The second kappa shape index (κ2) is 10.3. The van der Waals surface area contributed by atoms with E-state index in [0.29, 0.717) is 18.1 Å². The Balaban J connectivity index is 1.83. The fourth-order valence-electron chi connectivity index (χ4n) is 3.19. The maximum atomic E-state index is 13.7. The number of rotatable bonds is 6. The van der Waals surface area contributed by atoms with Crippen LogP contribution in [0.1, 0.15) is 37.8 Å². The van der Waals surface area contributed by atoms with Gasteiger partial charge in [-0.3, -0.25) is 9.79 Å². The Morgan fingerprint density at radius 3 is 2.67 bits per heavy atom. The number of piperidine rings is 1. The Kier molecular flexibility index (Phi) is 8.03. The summed E-state index contributed by atoms with van der Waals surface area (Å²) in [5.41, 5.74) is 1.51. The molecule has 1 amide bonds. The Morgan fingerprint density at radius 2 is 2.07 bits per heavy atom. The molecule has 1 aromatic rings. The van der Waals surface area contributed by atoms with Crippen molar-refractivity contribution in [1.82, 2.24) is 15.5 Å². The highest BCUT2D eigenvalue weighted by molar-refractivity contribution is 5.80. The standard InChI is InChI=1S/C20H31FN4O2/c1-14(2)19(26)25-9-7-17(8-10-25)24-20(22-3)23-12-15-5-6-18(21)16(11-15)13-27-4/h5-6,11,14,17H,7-10,12-13H2,1-4H3,(H2,22,23,24). The minimum atomic E-state index is -0.259. The molecule has 150 valence electrons. The van der Waals surface area contributed by atoms with Crippen molar-refractivity contribution in [2.75, 3.05) is 27.2 Å². The molecular weight excluding hydrogens is 347 g/mol. The maximum Gasteiger partial charge on any atom is 0.225 e. The summed E-state index contributed by atoms with van der Waals surface area (Å²) in [7, 11) is 3.28. The number of amides is 1. The van der Waals surface area contributed by atoms with Crippen molar-refractivity contribution in [1.29, 1.82) is 0 Å². The molecule has 0 spiro atoms. The second-order valence-corrected chi connectivity index (χ2v) is 7.18. The fraction of sp³-hybridized carbons (Fsp3) is 0.600. The molecule has 0 atom stereocenters. The number of nitrogens with zero attached hydrogens (tertiary/aromatic N) is 2. The first-order chi connectivity index (χ1) is 12.9. The van der Waals surface area contributed by atoms with Crippen LogP contribution in [0.25, 0.3) is 0 Å². The highest BCUT2D eigenvalue weighted by Crippen LogP contribution is 2.14. The fourth-order valence-corrected chi connectivity index (χ4v) is 3.19. The van der Waals surface area contributed by atoms with Crippen molar-refractivity contribution in [3.8, 4) is 0 Å². The predicted octanol–water partition coefficient (Wildman–Crippen LogP) is 2.28. The highest BCUT2D eigenvalue weighted by atomic mass is 19.1. The first-order valence-corrected chi connectivity index (χ1v) is 9.46. The van der Waals surface area contributed by atoms with Crippen LogP contribution in [0, 0.1) is 11.7 Å². The minimum absolute atomic E-state index is 0.0441. The molecule has 0 aliphatic carbocycles. The molecule has 6 nitrogen and oxygen atoms in total. The number of likely N-dealkylation sites (tertiary alicyclic amines) is 1. The van der Waals surface area contributed by atoms with Gasteiger partial charge in [-0.2, -0.15) is 0 Å². The molecule has 0 saturated carbocycles. The summed E-state index contributed by atoms with van der Waals surface area (Å²) < 4.78 is 18.7. The van der Waals surface area contributed by atoms with E-state index in [1.165, 1.54) is 6.07 Å². The van der Waals surface area contributed by atoms with E-state index in [9.17, 15) is 9.18 Å². The van der Waals surface area contributed by atoms with Gasteiger partial charge in [0.1, 0.15) is 5.82 Å². The van der Waals surface area contributed by atoms with Crippen LogP contribution < -0.4 is 10.6 Å². The lowest BCUT2D eigenvalue weighted by Crippen LogP contribution is -2.50. The van der Waals surface area contributed by atoms with E-state index in [1.54, 1.807) is 26.3 Å². The molecule has 2 rings (SSSR count). The number of benzene rings is 1. The quantitative estimate of drug-likeness (QED) is 0.589. The number of halogens is 1. The van der Waals surface area contributed by atoms with Crippen LogP contribution in [0.2, 0.25) is 0 Å². The zero-order valence-corrected chi connectivity index (χ0v) is 16.7. The molecule has 27 heavy (non-hydrogen) atoms. The number of aliphatic imine (C=N–C) groups is 1. The molecule has 1 saturated heterocycles. The van der Waals surface area contributed by atoms with E-state index in [0.717, 1.165) is 31.5 Å². The number of guanidine groups is 1. The molecule has 0 unspecified atom stereocenters. The monoisotopic (exact) mass is 378 g/mol. The maximum absolute atomic E-state index is 13.7. The van der Waals surface area contributed by atoms with Gasteiger partial charge in [0.25, 0.3) is 0 Å². The van der Waals surface area contributed by atoms with Crippen LogP contribution in [0.3, 0.4) is 0 Å². The van der Waals surface area contributed by atoms with Crippen LogP contribution in [-0.2, 0) is 22.7 Å². The lowest BCUT2D eigenvalue weighted by molar-refractivity contribution is -0.135. The van der Waals surface area contributed by atoms with Crippen LogP contribution in [0.5, 0.6) is 0 Å². The van der Waals surface area contributed by atoms with Gasteiger partial charge >= 0.3 is 0 Å². The first-order valence-electron chi connectivity index (χ1n) is 9.46. The molecule has 1 fully saturated rings. The molecule has 0 radical (unpaired) electrons. The zero-order valence-electron chi connectivity index (χ0n) is 16.7. The first kappa shape index (κ1) is 21.2. The van der Waals surface area contributed by atoms with Gasteiger partial charge in [-0.05, 0) is 30.5 Å². The van der Waals surface area contributed by atoms with Gasteiger partial charge in [0.15, 0.2) is 5.96 Å². The minimum Gasteiger partial charge on any atom is -0.380 e. The van der Waals surface area contributed by atoms with Crippen LogP contribution in [0.4, 0.5) is 4.39 Å². The summed E-state index contributed by atoms with van der Waals surface area (Å²) in [6.45, 7) is 6.20. The average molecular weight is 378 g/mol. The van der Waals surface area contributed by atoms with Crippen molar-refractivity contribution in [2.45, 2.75) is 45.9 Å². The Morgan fingerprint density at radius 1 is 1.37 bits per heavy atom. The van der Waals surface area contributed by atoms with Crippen LogP contribution in [-0.4, -0.2) is 50.1 Å². The third kappa shape index (κ3) is 6.20. The third-order valence-corrected chi connectivity index (χ3v) is 4.73. The predicted molar refractivity (Wildman–Crippen MR) is 105 cm³/mol. The SMILES string of the molecule is CN=C(NCc1ccc(F)c(COC)c1)NC1CCN(C(=O)C(C)C)CC1. The molecule has 1 aromatic carbocycles. The van der Waals surface area contributed by atoms with Crippen LogP contribution >= 0.6 is 0 Å². The number of hydrogen-bond donors (Lipinski definition) is 2. The molecule has 0 aromatic heterocycles. The van der Waals surface area contributed by atoms with Crippen molar-refractivity contribution in [2.24, 2.45) is 10.9 Å². The summed E-state index contributed by atoms with van der Waals surface area (Å²) in [5, 5.41) is 6.69. The van der Waals surface area contributed by atoms with Crippen molar-refractivity contribution in [3.05, 3.63) is 35.1 Å². The Hall–Kier alpha value is -2.15. The molecule has 0 bridgehead atoms. The third-order valence-electron chi connectivity index (χ3n) is 4.73. The molecule has 7 heteroatoms. The number of hydrogen-bond acceptors (Lipinski definition) is 3. The lowest BCUT2D eigenvalue weighted by Gasteiger charge is -2.34. The number of ether oxygens (including phenoxy) is 1.